The van der Waals surface area contributed by atoms with Crippen LogP contribution in [-0.2, 0) is 4.74 Å². The van der Waals surface area contributed by atoms with E-state index in [1.807, 2.05) is 0 Å². The topological polar surface area (TPSA) is 63.6 Å². The lowest BCUT2D eigenvalue weighted by Gasteiger charge is -2.15. The number of ketones is 2. The molecule has 2 aliphatic rings. The van der Waals surface area contributed by atoms with Crippen LogP contribution in [0.3, 0.4) is 0 Å². The van der Waals surface area contributed by atoms with E-state index in [1.165, 1.54) is 0 Å². The van der Waals surface area contributed by atoms with E-state index in [9.17, 15) is 14.7 Å². The SMILES string of the molecule is C=C(C)[C@H]1OC2=C(C(=O)c3ccccc3C2=O)[C@H]1O. The monoisotopic (exact) mass is 256 g/mol. The van der Waals surface area contributed by atoms with Crippen LogP contribution < -0.4 is 0 Å². The van der Waals surface area contributed by atoms with Gasteiger partial charge in [-0.15, -0.1) is 0 Å². The summed E-state index contributed by atoms with van der Waals surface area (Å²) in [6.45, 7) is 5.40. The molecule has 0 aromatic heterocycles. The van der Waals surface area contributed by atoms with Gasteiger partial charge in [0.05, 0.1) is 5.57 Å². The van der Waals surface area contributed by atoms with Crippen molar-refractivity contribution in [2.75, 3.05) is 0 Å². The van der Waals surface area contributed by atoms with Gasteiger partial charge in [0.2, 0.25) is 5.78 Å². The van der Waals surface area contributed by atoms with Crippen LogP contribution in [0.25, 0.3) is 0 Å². The minimum atomic E-state index is -1.13. The van der Waals surface area contributed by atoms with E-state index < -0.39 is 12.2 Å². The molecule has 3 rings (SSSR count). The first-order valence-electron chi connectivity index (χ1n) is 5.95. The Morgan fingerprint density at radius 2 is 1.79 bits per heavy atom. The predicted octanol–water partition coefficient (Wildman–Crippen LogP) is 1.66. The summed E-state index contributed by atoms with van der Waals surface area (Å²) < 4.78 is 5.44. The third-order valence-corrected chi connectivity index (χ3v) is 3.42. The van der Waals surface area contributed by atoms with E-state index in [4.69, 9.17) is 4.74 Å². The number of carbonyl (C=O) groups excluding carboxylic acids is 2. The summed E-state index contributed by atoms with van der Waals surface area (Å²) in [5.41, 5.74) is 1.26. The highest BCUT2D eigenvalue weighted by Gasteiger charge is 2.46. The van der Waals surface area contributed by atoms with Gasteiger partial charge < -0.3 is 9.84 Å². The lowest BCUT2D eigenvalue weighted by atomic mass is 9.86. The van der Waals surface area contributed by atoms with Crippen molar-refractivity contribution in [3.8, 4) is 0 Å². The second-order valence-electron chi connectivity index (χ2n) is 4.78. The van der Waals surface area contributed by atoms with Gasteiger partial charge in [0.1, 0.15) is 12.2 Å². The number of allylic oxidation sites excluding steroid dienone is 1. The van der Waals surface area contributed by atoms with Crippen molar-refractivity contribution in [1.82, 2.24) is 0 Å². The number of benzene rings is 1. The number of aliphatic hydroxyl groups is 1. The van der Waals surface area contributed by atoms with E-state index >= 15 is 0 Å². The van der Waals surface area contributed by atoms with Crippen LogP contribution in [0, 0.1) is 0 Å². The Morgan fingerprint density at radius 1 is 1.21 bits per heavy atom. The molecule has 1 aliphatic heterocycles. The smallest absolute Gasteiger partial charge is 0.228 e. The third-order valence-electron chi connectivity index (χ3n) is 3.42. The molecule has 4 heteroatoms. The van der Waals surface area contributed by atoms with Gasteiger partial charge in [0.15, 0.2) is 11.5 Å². The maximum absolute atomic E-state index is 12.3. The Hall–Kier alpha value is -2.20. The summed E-state index contributed by atoms with van der Waals surface area (Å²) in [5, 5.41) is 10.2. The highest BCUT2D eigenvalue weighted by atomic mass is 16.5. The van der Waals surface area contributed by atoms with Gasteiger partial charge in [-0.3, -0.25) is 9.59 Å². The zero-order valence-corrected chi connectivity index (χ0v) is 10.3. The minimum Gasteiger partial charge on any atom is -0.478 e. The standard InChI is InChI=1S/C15H12O4/c1-7(2)14-13(18)10-11(16)8-5-3-4-6-9(8)12(17)15(10)19-14/h3-6,13-14,18H,1H2,2H3/t13-,14-/m1/s1. The minimum absolute atomic E-state index is 0.0378. The molecule has 1 heterocycles. The first-order valence-corrected chi connectivity index (χ1v) is 5.95. The summed E-state index contributed by atoms with van der Waals surface area (Å²) in [7, 11) is 0. The second-order valence-corrected chi connectivity index (χ2v) is 4.78. The van der Waals surface area contributed by atoms with Crippen LogP contribution in [0.2, 0.25) is 0 Å². The Labute approximate surface area is 110 Å². The molecule has 0 unspecified atom stereocenters. The fraction of sp³-hybridized carbons (Fsp3) is 0.200. The maximum Gasteiger partial charge on any atom is 0.228 e. The van der Waals surface area contributed by atoms with Crippen molar-refractivity contribution in [3.63, 3.8) is 0 Å². The Kier molecular flexibility index (Phi) is 2.43. The zero-order valence-electron chi connectivity index (χ0n) is 10.3. The van der Waals surface area contributed by atoms with E-state index in [0.29, 0.717) is 16.7 Å². The van der Waals surface area contributed by atoms with Crippen LogP contribution in [0.1, 0.15) is 27.6 Å². The number of ether oxygens (including phenoxy) is 1. The quantitative estimate of drug-likeness (QED) is 0.776. The predicted molar refractivity (Wildman–Crippen MR) is 67.8 cm³/mol. The van der Waals surface area contributed by atoms with Gasteiger partial charge in [-0.2, -0.15) is 0 Å². The van der Waals surface area contributed by atoms with Gasteiger partial charge in [-0.1, -0.05) is 30.8 Å². The average Bonchev–Trinajstić information content (AvgIpc) is 2.74. The highest BCUT2D eigenvalue weighted by molar-refractivity contribution is 6.27. The van der Waals surface area contributed by atoms with Crippen molar-refractivity contribution in [1.29, 1.82) is 0 Å². The van der Waals surface area contributed by atoms with Gasteiger partial charge in [0.25, 0.3) is 0 Å². The van der Waals surface area contributed by atoms with Gasteiger partial charge >= 0.3 is 0 Å². The molecule has 1 aromatic rings. The lowest BCUT2D eigenvalue weighted by Crippen LogP contribution is -2.28. The van der Waals surface area contributed by atoms with Crippen LogP contribution in [-0.4, -0.2) is 28.9 Å². The molecule has 19 heavy (non-hydrogen) atoms. The van der Waals surface area contributed by atoms with E-state index in [1.54, 1.807) is 31.2 Å². The summed E-state index contributed by atoms with van der Waals surface area (Å²) in [4.78, 5) is 24.6. The molecule has 1 N–H and O–H groups in total. The van der Waals surface area contributed by atoms with Gasteiger partial charge in [-0.25, -0.2) is 0 Å². The number of fused-ring (bicyclic) bond motifs is 1. The van der Waals surface area contributed by atoms with Crippen molar-refractivity contribution in [2.45, 2.75) is 19.1 Å². The van der Waals surface area contributed by atoms with E-state index in [2.05, 4.69) is 6.58 Å². The maximum atomic E-state index is 12.3. The molecular formula is C15H12O4. The normalized spacial score (nSPS) is 24.9. The lowest BCUT2D eigenvalue weighted by molar-refractivity contribution is 0.0644. The molecule has 96 valence electrons. The van der Waals surface area contributed by atoms with Crippen molar-refractivity contribution >= 4 is 11.6 Å². The molecule has 0 spiro atoms. The highest BCUT2D eigenvalue weighted by Crippen LogP contribution is 2.37. The summed E-state index contributed by atoms with van der Waals surface area (Å²) in [5.74, 6) is -0.737. The van der Waals surface area contributed by atoms with Crippen molar-refractivity contribution < 1.29 is 19.4 Å². The molecule has 0 bridgehead atoms. The first-order chi connectivity index (χ1) is 9.02. The average molecular weight is 256 g/mol. The van der Waals surface area contributed by atoms with Crippen LogP contribution >= 0.6 is 0 Å². The number of rotatable bonds is 1. The molecule has 0 saturated carbocycles. The molecule has 4 nitrogen and oxygen atoms in total. The van der Waals surface area contributed by atoms with E-state index in [0.717, 1.165) is 0 Å². The summed E-state index contributed by atoms with van der Waals surface area (Å²) in [6.07, 6.45) is -1.86. The number of aliphatic hydroxyl groups excluding tert-OH is 1. The Bertz CT molecular complexity index is 654. The number of carbonyl (C=O) groups is 2. The van der Waals surface area contributed by atoms with Crippen LogP contribution in [0.5, 0.6) is 0 Å². The summed E-state index contributed by atoms with van der Waals surface area (Å²) >= 11 is 0. The van der Waals surface area contributed by atoms with Crippen molar-refractivity contribution in [3.05, 3.63) is 58.9 Å². The number of hydrogen-bond donors (Lipinski definition) is 1. The number of Topliss-reactive ketones (excluding diaryl/α,β-unsaturated/α-hetero) is 2. The Balaban J connectivity index is 2.14. The third kappa shape index (κ3) is 1.50. The largest absolute Gasteiger partial charge is 0.478 e. The molecule has 0 fully saturated rings. The molecule has 1 aliphatic carbocycles. The van der Waals surface area contributed by atoms with Gasteiger partial charge in [-0.05, 0) is 12.5 Å². The zero-order chi connectivity index (χ0) is 13.7. The van der Waals surface area contributed by atoms with Crippen molar-refractivity contribution in [2.24, 2.45) is 0 Å². The van der Waals surface area contributed by atoms with E-state index in [-0.39, 0.29) is 22.9 Å². The Morgan fingerprint density at radius 3 is 2.37 bits per heavy atom. The fourth-order valence-electron chi connectivity index (χ4n) is 2.47. The fourth-order valence-corrected chi connectivity index (χ4v) is 2.47. The number of hydrogen-bond acceptors (Lipinski definition) is 4. The molecular weight excluding hydrogens is 244 g/mol. The first kappa shape index (κ1) is 11.9. The molecule has 1 aromatic carbocycles. The molecule has 2 atom stereocenters. The molecule has 0 radical (unpaired) electrons. The second kappa shape index (κ2) is 3.90. The molecule has 0 saturated heterocycles. The van der Waals surface area contributed by atoms with Crippen LogP contribution in [0.4, 0.5) is 0 Å². The summed E-state index contributed by atoms with van der Waals surface area (Å²) in [6, 6.07) is 6.55. The van der Waals surface area contributed by atoms with Gasteiger partial charge in [0, 0.05) is 11.1 Å². The van der Waals surface area contributed by atoms with Crippen LogP contribution in [0.15, 0.2) is 47.7 Å². The molecule has 0 amide bonds.